The third-order valence-electron chi connectivity index (χ3n) is 3.56. The zero-order valence-corrected chi connectivity index (χ0v) is 11.3. The van der Waals surface area contributed by atoms with Crippen molar-refractivity contribution >= 4 is 10.0 Å². The van der Waals surface area contributed by atoms with Gasteiger partial charge in [-0.2, -0.15) is 0 Å². The minimum atomic E-state index is -3.10. The highest BCUT2D eigenvalue weighted by atomic mass is 32.2. The van der Waals surface area contributed by atoms with E-state index in [2.05, 4.69) is 0 Å². The van der Waals surface area contributed by atoms with Crippen molar-refractivity contribution in [3.63, 3.8) is 0 Å². The van der Waals surface area contributed by atoms with Crippen molar-refractivity contribution in [2.24, 2.45) is 0 Å². The molecule has 1 aliphatic rings. The van der Waals surface area contributed by atoms with Crippen LogP contribution in [0.15, 0.2) is 24.3 Å². The molecule has 0 radical (unpaired) electrons. The highest BCUT2D eigenvalue weighted by molar-refractivity contribution is 7.89. The largest absolute Gasteiger partial charge is 0.213 e. The lowest BCUT2D eigenvalue weighted by molar-refractivity contribution is 0.316. The Morgan fingerprint density at radius 1 is 1.28 bits per heavy atom. The van der Waals surface area contributed by atoms with E-state index >= 15 is 0 Å². The summed E-state index contributed by atoms with van der Waals surface area (Å²) < 4.78 is 38.6. The number of rotatable bonds is 3. The Balaban J connectivity index is 2.06. The molecule has 0 atom stereocenters. The zero-order chi connectivity index (χ0) is 13.2. The van der Waals surface area contributed by atoms with Crippen LogP contribution in [0.1, 0.15) is 31.2 Å². The normalized spacial score (nSPS) is 19.0. The summed E-state index contributed by atoms with van der Waals surface area (Å²) in [6, 6.07) is 6.76. The molecule has 2 rings (SSSR count). The van der Waals surface area contributed by atoms with Crippen LogP contribution in [0.2, 0.25) is 0 Å². The summed E-state index contributed by atoms with van der Waals surface area (Å²) in [5.74, 6) is 0.0842. The molecule has 3 nitrogen and oxygen atoms in total. The second kappa shape index (κ2) is 5.36. The minimum Gasteiger partial charge on any atom is -0.212 e. The van der Waals surface area contributed by atoms with E-state index in [1.807, 2.05) is 6.07 Å². The van der Waals surface area contributed by atoms with Crippen LogP contribution in [0.4, 0.5) is 4.39 Å². The van der Waals surface area contributed by atoms with Crippen molar-refractivity contribution in [1.29, 1.82) is 0 Å². The first-order valence-corrected chi connectivity index (χ1v) is 7.87. The lowest BCUT2D eigenvalue weighted by Crippen LogP contribution is -2.38. The molecule has 100 valence electrons. The van der Waals surface area contributed by atoms with Crippen LogP contribution in [0.3, 0.4) is 0 Å². The minimum absolute atomic E-state index is 0.134. The van der Waals surface area contributed by atoms with E-state index < -0.39 is 10.0 Å². The molecule has 18 heavy (non-hydrogen) atoms. The maximum absolute atomic E-state index is 13.6. The van der Waals surface area contributed by atoms with Crippen molar-refractivity contribution in [3.05, 3.63) is 35.6 Å². The molecule has 0 spiro atoms. The van der Waals surface area contributed by atoms with Gasteiger partial charge in [-0.3, -0.25) is 0 Å². The molecule has 1 aromatic carbocycles. The molecule has 1 aromatic rings. The number of nitrogens with zero attached hydrogens (tertiary/aromatic N) is 1. The van der Waals surface area contributed by atoms with Gasteiger partial charge in [-0.05, 0) is 37.3 Å². The van der Waals surface area contributed by atoms with Crippen LogP contribution >= 0.6 is 0 Å². The first kappa shape index (κ1) is 13.5. The molecule has 0 saturated carbocycles. The summed E-state index contributed by atoms with van der Waals surface area (Å²) in [6.45, 7) is 2.64. The fourth-order valence-corrected chi connectivity index (χ4v) is 3.57. The average molecular weight is 271 g/mol. The Kier molecular flexibility index (Phi) is 4.02. The van der Waals surface area contributed by atoms with Crippen LogP contribution in [-0.2, 0) is 10.0 Å². The van der Waals surface area contributed by atoms with Gasteiger partial charge in [0, 0.05) is 13.1 Å². The fourth-order valence-electron chi connectivity index (χ4n) is 2.43. The fraction of sp³-hybridized carbons (Fsp3) is 0.538. The van der Waals surface area contributed by atoms with E-state index in [1.165, 1.54) is 10.4 Å². The maximum atomic E-state index is 13.6. The van der Waals surface area contributed by atoms with Crippen molar-refractivity contribution in [1.82, 2.24) is 4.31 Å². The smallest absolute Gasteiger partial charge is 0.212 e. The Morgan fingerprint density at radius 3 is 2.44 bits per heavy atom. The number of halogens is 1. The van der Waals surface area contributed by atoms with E-state index in [-0.39, 0.29) is 17.5 Å². The van der Waals surface area contributed by atoms with Crippen molar-refractivity contribution in [2.45, 2.75) is 25.7 Å². The Morgan fingerprint density at radius 2 is 1.89 bits per heavy atom. The van der Waals surface area contributed by atoms with Crippen molar-refractivity contribution in [3.8, 4) is 0 Å². The van der Waals surface area contributed by atoms with Gasteiger partial charge in [0.1, 0.15) is 5.82 Å². The molecule has 0 aliphatic carbocycles. The number of piperidine rings is 1. The van der Waals surface area contributed by atoms with Crippen LogP contribution in [0.5, 0.6) is 0 Å². The number of hydrogen-bond acceptors (Lipinski definition) is 2. The highest BCUT2D eigenvalue weighted by Gasteiger charge is 2.28. The number of benzene rings is 1. The van der Waals surface area contributed by atoms with E-state index in [9.17, 15) is 12.8 Å². The summed E-state index contributed by atoms with van der Waals surface area (Å²) in [7, 11) is -3.10. The maximum Gasteiger partial charge on any atom is 0.213 e. The molecule has 0 amide bonds. The van der Waals surface area contributed by atoms with E-state index in [1.54, 1.807) is 19.1 Å². The van der Waals surface area contributed by atoms with Gasteiger partial charge in [0.05, 0.1) is 5.75 Å². The van der Waals surface area contributed by atoms with Gasteiger partial charge in [0.15, 0.2) is 0 Å². The van der Waals surface area contributed by atoms with E-state index in [4.69, 9.17) is 0 Å². The molecule has 1 aliphatic heterocycles. The molecule has 0 aromatic heterocycles. The summed E-state index contributed by atoms with van der Waals surface area (Å²) in [6.07, 6.45) is 1.39. The molecule has 1 saturated heterocycles. The molecule has 0 bridgehead atoms. The first-order valence-electron chi connectivity index (χ1n) is 6.27. The van der Waals surface area contributed by atoms with Gasteiger partial charge < -0.3 is 0 Å². The summed E-state index contributed by atoms with van der Waals surface area (Å²) >= 11 is 0. The van der Waals surface area contributed by atoms with Gasteiger partial charge in [-0.15, -0.1) is 0 Å². The lowest BCUT2D eigenvalue weighted by atomic mass is 9.90. The third kappa shape index (κ3) is 2.72. The lowest BCUT2D eigenvalue weighted by Gasteiger charge is -2.31. The molecular formula is C13H18FNO2S. The van der Waals surface area contributed by atoms with Gasteiger partial charge in [-0.25, -0.2) is 17.1 Å². The zero-order valence-electron chi connectivity index (χ0n) is 10.5. The van der Waals surface area contributed by atoms with Crippen LogP contribution in [-0.4, -0.2) is 31.6 Å². The monoisotopic (exact) mass is 271 g/mol. The van der Waals surface area contributed by atoms with Crippen LogP contribution in [0.25, 0.3) is 0 Å². The quantitative estimate of drug-likeness (QED) is 0.846. The highest BCUT2D eigenvalue weighted by Crippen LogP contribution is 2.30. The SMILES string of the molecule is CCS(=O)(=O)N1CCC(c2ccccc2F)CC1. The summed E-state index contributed by atoms with van der Waals surface area (Å²) in [5, 5.41) is 0. The topological polar surface area (TPSA) is 37.4 Å². The Hall–Kier alpha value is -0.940. The Labute approximate surface area is 108 Å². The van der Waals surface area contributed by atoms with Crippen molar-refractivity contribution in [2.75, 3.05) is 18.8 Å². The second-order valence-electron chi connectivity index (χ2n) is 4.60. The van der Waals surface area contributed by atoms with Gasteiger partial charge in [0.2, 0.25) is 10.0 Å². The predicted molar refractivity (Wildman–Crippen MR) is 69.4 cm³/mol. The third-order valence-corrected chi connectivity index (χ3v) is 5.44. The second-order valence-corrected chi connectivity index (χ2v) is 6.85. The predicted octanol–water partition coefficient (Wildman–Crippen LogP) is 2.35. The molecule has 1 fully saturated rings. The molecule has 1 heterocycles. The van der Waals surface area contributed by atoms with Gasteiger partial charge in [0.25, 0.3) is 0 Å². The van der Waals surface area contributed by atoms with Crippen LogP contribution < -0.4 is 0 Å². The van der Waals surface area contributed by atoms with Gasteiger partial charge in [-0.1, -0.05) is 18.2 Å². The first-order chi connectivity index (χ1) is 8.54. The average Bonchev–Trinajstić information content (AvgIpc) is 2.39. The van der Waals surface area contributed by atoms with Gasteiger partial charge >= 0.3 is 0 Å². The van der Waals surface area contributed by atoms with E-state index in [0.717, 1.165) is 0 Å². The number of sulfonamides is 1. The summed E-state index contributed by atoms with van der Waals surface area (Å²) in [5.41, 5.74) is 0.714. The molecule has 0 N–H and O–H groups in total. The molecule has 5 heteroatoms. The van der Waals surface area contributed by atoms with Crippen LogP contribution in [0, 0.1) is 5.82 Å². The molecular weight excluding hydrogens is 253 g/mol. The van der Waals surface area contributed by atoms with E-state index in [0.29, 0.717) is 31.5 Å². The van der Waals surface area contributed by atoms with Crippen molar-refractivity contribution < 1.29 is 12.8 Å². The summed E-state index contributed by atoms with van der Waals surface area (Å²) in [4.78, 5) is 0. The Bertz CT molecular complexity index is 507. The number of hydrogen-bond donors (Lipinski definition) is 0. The molecule has 0 unspecified atom stereocenters. The standard InChI is InChI=1S/C13H18FNO2S/c1-2-18(16,17)15-9-7-11(8-10-15)12-5-3-4-6-13(12)14/h3-6,11H,2,7-10H2,1H3.